The molecule has 2 aromatic rings. The third kappa shape index (κ3) is 5.06. The first kappa shape index (κ1) is 15.9. The van der Waals surface area contributed by atoms with Crippen LogP contribution in [0.25, 0.3) is 0 Å². The van der Waals surface area contributed by atoms with E-state index in [1.807, 2.05) is 24.3 Å². The minimum atomic E-state index is 0.630. The largest absolute Gasteiger partial charge is 0.439 e. The Balaban J connectivity index is 2.04. The number of hydrogen-bond acceptors (Lipinski definition) is 4. The molecule has 0 atom stereocenters. The zero-order valence-electron chi connectivity index (χ0n) is 12.8. The SMILES string of the molecule is CSc1ccc(Oc2ncccc2CNCC(C)C)cc1. The van der Waals surface area contributed by atoms with Gasteiger partial charge in [0.15, 0.2) is 0 Å². The summed E-state index contributed by atoms with van der Waals surface area (Å²) in [4.78, 5) is 5.57. The summed E-state index contributed by atoms with van der Waals surface area (Å²) in [5.41, 5.74) is 1.08. The minimum absolute atomic E-state index is 0.630. The van der Waals surface area contributed by atoms with Gasteiger partial charge in [0.05, 0.1) is 0 Å². The average Bonchev–Trinajstić information content (AvgIpc) is 2.49. The topological polar surface area (TPSA) is 34.1 Å². The van der Waals surface area contributed by atoms with E-state index in [9.17, 15) is 0 Å². The number of nitrogens with zero attached hydrogens (tertiary/aromatic N) is 1. The lowest BCUT2D eigenvalue weighted by Crippen LogP contribution is -2.19. The Morgan fingerprint density at radius 1 is 1.19 bits per heavy atom. The van der Waals surface area contributed by atoms with Gasteiger partial charge in [-0.1, -0.05) is 19.9 Å². The predicted octanol–water partition coefficient (Wildman–Crippen LogP) is 4.34. The predicted molar refractivity (Wildman–Crippen MR) is 89.1 cm³/mol. The number of ether oxygens (including phenoxy) is 1. The van der Waals surface area contributed by atoms with Crippen molar-refractivity contribution in [1.29, 1.82) is 0 Å². The molecule has 2 rings (SSSR count). The van der Waals surface area contributed by atoms with E-state index in [1.165, 1.54) is 4.90 Å². The third-order valence-electron chi connectivity index (χ3n) is 2.99. The molecule has 1 aromatic carbocycles. The second kappa shape index (κ2) is 8.05. The van der Waals surface area contributed by atoms with Crippen molar-refractivity contribution in [3.05, 3.63) is 48.2 Å². The lowest BCUT2D eigenvalue weighted by atomic mass is 10.2. The molecule has 0 saturated heterocycles. The number of benzene rings is 1. The molecule has 3 nitrogen and oxygen atoms in total. The summed E-state index contributed by atoms with van der Waals surface area (Å²) < 4.78 is 5.91. The molecule has 0 amide bonds. The maximum atomic E-state index is 5.91. The molecule has 0 radical (unpaired) electrons. The third-order valence-corrected chi connectivity index (χ3v) is 3.74. The molecule has 0 aliphatic heterocycles. The Labute approximate surface area is 131 Å². The minimum Gasteiger partial charge on any atom is -0.439 e. The fraction of sp³-hybridized carbons (Fsp3) is 0.353. The van der Waals surface area contributed by atoms with Crippen molar-refractivity contribution in [2.24, 2.45) is 5.92 Å². The molecular weight excluding hydrogens is 280 g/mol. The highest BCUT2D eigenvalue weighted by Crippen LogP contribution is 2.25. The molecule has 1 aromatic heterocycles. The monoisotopic (exact) mass is 302 g/mol. The zero-order valence-corrected chi connectivity index (χ0v) is 13.6. The van der Waals surface area contributed by atoms with E-state index in [4.69, 9.17) is 4.74 Å². The average molecular weight is 302 g/mol. The van der Waals surface area contributed by atoms with Crippen LogP contribution in [0.3, 0.4) is 0 Å². The van der Waals surface area contributed by atoms with Crippen LogP contribution in [-0.2, 0) is 6.54 Å². The standard InChI is InChI=1S/C17H22N2OS/c1-13(2)11-18-12-14-5-4-10-19-17(14)20-15-6-8-16(21-3)9-7-15/h4-10,13,18H,11-12H2,1-3H3. The van der Waals surface area contributed by atoms with Crippen LogP contribution in [0, 0.1) is 5.92 Å². The van der Waals surface area contributed by atoms with Gasteiger partial charge >= 0.3 is 0 Å². The van der Waals surface area contributed by atoms with Crippen LogP contribution >= 0.6 is 11.8 Å². The maximum Gasteiger partial charge on any atom is 0.223 e. The molecular formula is C17H22N2OS. The molecule has 0 aliphatic rings. The van der Waals surface area contributed by atoms with Crippen molar-refractivity contribution >= 4 is 11.8 Å². The van der Waals surface area contributed by atoms with E-state index >= 15 is 0 Å². The number of hydrogen-bond donors (Lipinski definition) is 1. The van der Waals surface area contributed by atoms with Gasteiger partial charge in [0.2, 0.25) is 5.88 Å². The van der Waals surface area contributed by atoms with Gasteiger partial charge in [-0.25, -0.2) is 4.98 Å². The zero-order chi connectivity index (χ0) is 15.1. The molecule has 0 saturated carbocycles. The Kier molecular flexibility index (Phi) is 6.08. The quantitative estimate of drug-likeness (QED) is 0.771. The first-order valence-corrected chi connectivity index (χ1v) is 8.38. The van der Waals surface area contributed by atoms with Crippen molar-refractivity contribution in [3.8, 4) is 11.6 Å². The van der Waals surface area contributed by atoms with Gasteiger partial charge in [-0.05, 0) is 49.1 Å². The molecule has 1 heterocycles. The number of pyridine rings is 1. The molecule has 0 fully saturated rings. The molecule has 1 N–H and O–H groups in total. The van der Waals surface area contributed by atoms with E-state index in [-0.39, 0.29) is 0 Å². The van der Waals surface area contributed by atoms with Gasteiger partial charge in [-0.3, -0.25) is 0 Å². The summed E-state index contributed by atoms with van der Waals surface area (Å²) in [6.45, 7) is 6.14. The number of nitrogens with one attached hydrogen (secondary N) is 1. The van der Waals surface area contributed by atoms with Gasteiger partial charge in [-0.2, -0.15) is 0 Å². The Hall–Kier alpha value is -1.52. The van der Waals surface area contributed by atoms with Gasteiger partial charge < -0.3 is 10.1 Å². The Morgan fingerprint density at radius 2 is 1.95 bits per heavy atom. The number of thioether (sulfide) groups is 1. The Morgan fingerprint density at radius 3 is 2.62 bits per heavy atom. The fourth-order valence-electron chi connectivity index (χ4n) is 1.90. The first-order chi connectivity index (χ1) is 10.2. The van der Waals surface area contributed by atoms with Crippen molar-refractivity contribution in [1.82, 2.24) is 10.3 Å². The number of rotatable bonds is 7. The van der Waals surface area contributed by atoms with Crippen LogP contribution in [0.1, 0.15) is 19.4 Å². The lowest BCUT2D eigenvalue weighted by molar-refractivity contribution is 0.450. The second-order valence-corrected chi connectivity index (χ2v) is 6.15. The summed E-state index contributed by atoms with van der Waals surface area (Å²) in [5, 5.41) is 3.42. The smallest absolute Gasteiger partial charge is 0.223 e. The Bertz CT molecular complexity index is 555. The van der Waals surface area contributed by atoms with E-state index in [1.54, 1.807) is 18.0 Å². The van der Waals surface area contributed by atoms with Gasteiger partial charge in [0.1, 0.15) is 5.75 Å². The van der Waals surface area contributed by atoms with E-state index < -0.39 is 0 Å². The van der Waals surface area contributed by atoms with Gasteiger partial charge in [0.25, 0.3) is 0 Å². The maximum absolute atomic E-state index is 5.91. The van der Waals surface area contributed by atoms with Crippen molar-refractivity contribution in [3.63, 3.8) is 0 Å². The van der Waals surface area contributed by atoms with Crippen LogP contribution < -0.4 is 10.1 Å². The summed E-state index contributed by atoms with van der Waals surface area (Å²) in [5.74, 6) is 2.12. The van der Waals surface area contributed by atoms with Crippen LogP contribution in [-0.4, -0.2) is 17.8 Å². The van der Waals surface area contributed by atoms with Crippen LogP contribution in [0.5, 0.6) is 11.6 Å². The highest BCUT2D eigenvalue weighted by molar-refractivity contribution is 7.98. The fourth-order valence-corrected chi connectivity index (χ4v) is 2.31. The molecule has 4 heteroatoms. The van der Waals surface area contributed by atoms with E-state index in [0.29, 0.717) is 11.8 Å². The van der Waals surface area contributed by atoms with Crippen LogP contribution in [0.4, 0.5) is 0 Å². The molecule has 112 valence electrons. The highest BCUT2D eigenvalue weighted by atomic mass is 32.2. The van der Waals surface area contributed by atoms with Crippen molar-refractivity contribution in [2.45, 2.75) is 25.3 Å². The second-order valence-electron chi connectivity index (χ2n) is 5.27. The summed E-state index contributed by atoms with van der Waals surface area (Å²) >= 11 is 1.72. The van der Waals surface area contributed by atoms with Gasteiger partial charge in [0, 0.05) is 23.2 Å². The molecule has 0 unspecified atom stereocenters. The van der Waals surface area contributed by atoms with Crippen LogP contribution in [0.15, 0.2) is 47.5 Å². The highest BCUT2D eigenvalue weighted by Gasteiger charge is 2.06. The summed E-state index contributed by atoms with van der Waals surface area (Å²) in [6.07, 6.45) is 3.82. The van der Waals surface area contributed by atoms with Crippen molar-refractivity contribution in [2.75, 3.05) is 12.8 Å². The number of aromatic nitrogens is 1. The van der Waals surface area contributed by atoms with Crippen molar-refractivity contribution < 1.29 is 4.74 Å². The summed E-state index contributed by atoms with van der Waals surface area (Å²) in [7, 11) is 0. The van der Waals surface area contributed by atoms with Gasteiger partial charge in [-0.15, -0.1) is 11.8 Å². The van der Waals surface area contributed by atoms with Crippen LogP contribution in [0.2, 0.25) is 0 Å². The molecule has 0 spiro atoms. The summed E-state index contributed by atoms with van der Waals surface area (Å²) in [6, 6.07) is 12.1. The van der Waals surface area contributed by atoms with E-state index in [0.717, 1.165) is 24.4 Å². The first-order valence-electron chi connectivity index (χ1n) is 7.15. The molecule has 21 heavy (non-hydrogen) atoms. The molecule has 0 bridgehead atoms. The normalized spacial score (nSPS) is 10.9. The van der Waals surface area contributed by atoms with E-state index in [2.05, 4.69) is 42.5 Å². The lowest BCUT2D eigenvalue weighted by Gasteiger charge is -2.12. The molecule has 0 aliphatic carbocycles.